The average molecular weight is 370 g/mol. The minimum Gasteiger partial charge on any atom is -0.491 e. The Hall–Kier alpha value is -3.36. The van der Waals surface area contributed by atoms with E-state index in [-0.39, 0.29) is 12.6 Å². The Kier molecular flexibility index (Phi) is 5.39. The summed E-state index contributed by atoms with van der Waals surface area (Å²) in [6.07, 6.45) is 3.10. The zero-order chi connectivity index (χ0) is 19.4. The molecule has 0 saturated heterocycles. The van der Waals surface area contributed by atoms with E-state index in [1.165, 1.54) is 6.34 Å². The van der Waals surface area contributed by atoms with E-state index in [1.807, 2.05) is 30.7 Å². The molecule has 1 aliphatic heterocycles. The maximum absolute atomic E-state index is 10.9. The van der Waals surface area contributed by atoms with Crippen LogP contribution in [0.15, 0.2) is 34.4 Å². The van der Waals surface area contributed by atoms with E-state index in [0.717, 1.165) is 11.4 Å². The minimum absolute atomic E-state index is 0.0609. The van der Waals surface area contributed by atoms with Crippen LogP contribution in [0.5, 0.6) is 11.5 Å². The van der Waals surface area contributed by atoms with Gasteiger partial charge in [-0.3, -0.25) is 9.79 Å². The van der Waals surface area contributed by atoms with E-state index in [2.05, 4.69) is 9.98 Å². The van der Waals surface area contributed by atoms with Crippen LogP contribution < -0.4 is 20.9 Å². The molecule has 0 fully saturated rings. The number of nitrogens with two attached hydrogens (primary N) is 2. The standard InChI is InChI=1S/C18H22N6O3/c1-11(2)22-17(21-10-19)14-8-24-5-6-26-15-7-12(27-9-16(20)25)3-4-13(15)18(24)23-14/h3-4,7-8,10-11H,5-6,9H2,1-2H3,(H2,20,25)(H2,19,21,22). The number of imidazole rings is 1. The molecule has 2 aromatic rings. The van der Waals surface area contributed by atoms with E-state index in [9.17, 15) is 4.79 Å². The second-order valence-electron chi connectivity index (χ2n) is 6.23. The van der Waals surface area contributed by atoms with Gasteiger partial charge in [0.05, 0.1) is 18.4 Å². The highest BCUT2D eigenvalue weighted by Crippen LogP contribution is 2.35. The zero-order valence-electron chi connectivity index (χ0n) is 15.3. The molecule has 9 heteroatoms. The smallest absolute Gasteiger partial charge is 0.255 e. The van der Waals surface area contributed by atoms with E-state index in [0.29, 0.717) is 36.2 Å². The molecule has 1 aromatic heterocycles. The first-order valence-electron chi connectivity index (χ1n) is 8.56. The van der Waals surface area contributed by atoms with Gasteiger partial charge in [0, 0.05) is 18.3 Å². The van der Waals surface area contributed by atoms with Crippen molar-refractivity contribution in [2.24, 2.45) is 21.5 Å². The summed E-state index contributed by atoms with van der Waals surface area (Å²) in [7, 11) is 0. The number of benzene rings is 1. The number of amides is 1. The van der Waals surface area contributed by atoms with Crippen LogP contribution in [0.2, 0.25) is 0 Å². The number of hydrogen-bond acceptors (Lipinski definition) is 5. The SMILES string of the molecule is CC(C)N=C(N=CN)c1cn2c(n1)-c1ccc(OCC(N)=O)cc1OCC2. The van der Waals surface area contributed by atoms with Gasteiger partial charge in [0.15, 0.2) is 12.4 Å². The van der Waals surface area contributed by atoms with Gasteiger partial charge in [0.2, 0.25) is 0 Å². The largest absolute Gasteiger partial charge is 0.491 e. The average Bonchev–Trinajstić information content (AvgIpc) is 2.96. The molecule has 1 aliphatic rings. The molecule has 0 aliphatic carbocycles. The van der Waals surface area contributed by atoms with Crippen LogP contribution in [-0.2, 0) is 11.3 Å². The van der Waals surface area contributed by atoms with Crippen LogP contribution in [0.1, 0.15) is 19.5 Å². The first-order valence-corrected chi connectivity index (χ1v) is 8.56. The summed E-state index contributed by atoms with van der Waals surface area (Å²) in [4.78, 5) is 24.2. The van der Waals surface area contributed by atoms with Crippen molar-refractivity contribution in [3.05, 3.63) is 30.1 Å². The normalized spacial score (nSPS) is 13.8. The third-order valence-corrected chi connectivity index (χ3v) is 3.75. The summed E-state index contributed by atoms with van der Waals surface area (Å²) < 4.78 is 13.2. The highest BCUT2D eigenvalue weighted by Gasteiger charge is 2.21. The Labute approximate surface area is 156 Å². The fourth-order valence-corrected chi connectivity index (χ4v) is 2.69. The predicted octanol–water partition coefficient (Wildman–Crippen LogP) is 0.949. The van der Waals surface area contributed by atoms with Gasteiger partial charge in [-0.2, -0.15) is 0 Å². The number of carbonyl (C=O) groups is 1. The van der Waals surface area contributed by atoms with Gasteiger partial charge in [0.25, 0.3) is 5.91 Å². The number of amidine groups is 1. The fraction of sp³-hybridized carbons (Fsp3) is 0.333. The third-order valence-electron chi connectivity index (χ3n) is 3.75. The highest BCUT2D eigenvalue weighted by molar-refractivity contribution is 6.01. The van der Waals surface area contributed by atoms with E-state index < -0.39 is 5.91 Å². The van der Waals surface area contributed by atoms with E-state index >= 15 is 0 Å². The van der Waals surface area contributed by atoms with Crippen molar-refractivity contribution in [2.75, 3.05) is 13.2 Å². The van der Waals surface area contributed by atoms with Gasteiger partial charge in [-0.15, -0.1) is 0 Å². The van der Waals surface area contributed by atoms with Crippen molar-refractivity contribution >= 4 is 18.1 Å². The summed E-state index contributed by atoms with van der Waals surface area (Å²) in [5.41, 5.74) is 12.0. The molecule has 0 unspecified atom stereocenters. The molecule has 1 aromatic carbocycles. The van der Waals surface area contributed by atoms with Gasteiger partial charge in [-0.25, -0.2) is 9.98 Å². The molecule has 4 N–H and O–H groups in total. The van der Waals surface area contributed by atoms with Crippen LogP contribution in [0.3, 0.4) is 0 Å². The molecular weight excluding hydrogens is 348 g/mol. The number of primary amides is 1. The number of fused-ring (bicyclic) bond motifs is 3. The highest BCUT2D eigenvalue weighted by atomic mass is 16.5. The van der Waals surface area contributed by atoms with Crippen molar-refractivity contribution in [3.8, 4) is 22.9 Å². The lowest BCUT2D eigenvalue weighted by Gasteiger charge is -2.09. The minimum atomic E-state index is -0.538. The molecule has 0 bridgehead atoms. The first kappa shape index (κ1) is 18.4. The molecule has 0 radical (unpaired) electrons. The molecule has 0 saturated carbocycles. The first-order chi connectivity index (χ1) is 13.0. The molecule has 2 heterocycles. The number of rotatable bonds is 5. The Balaban J connectivity index is 1.99. The van der Waals surface area contributed by atoms with Crippen molar-refractivity contribution in [1.82, 2.24) is 9.55 Å². The van der Waals surface area contributed by atoms with Gasteiger partial charge < -0.3 is 25.5 Å². The molecule has 3 rings (SSSR count). The predicted molar refractivity (Wildman–Crippen MR) is 102 cm³/mol. The monoisotopic (exact) mass is 370 g/mol. The summed E-state index contributed by atoms with van der Waals surface area (Å²) in [5.74, 6) is 1.81. The summed E-state index contributed by atoms with van der Waals surface area (Å²) in [5, 5.41) is 0. The lowest BCUT2D eigenvalue weighted by molar-refractivity contribution is -0.119. The second-order valence-corrected chi connectivity index (χ2v) is 6.23. The second kappa shape index (κ2) is 7.90. The molecule has 27 heavy (non-hydrogen) atoms. The van der Waals surface area contributed by atoms with Gasteiger partial charge in [-0.05, 0) is 26.0 Å². The lowest BCUT2D eigenvalue weighted by Crippen LogP contribution is -2.20. The van der Waals surface area contributed by atoms with Gasteiger partial charge in [0.1, 0.15) is 29.6 Å². The Bertz CT molecular complexity index is 900. The van der Waals surface area contributed by atoms with Crippen molar-refractivity contribution in [1.29, 1.82) is 0 Å². The van der Waals surface area contributed by atoms with Crippen molar-refractivity contribution in [2.45, 2.75) is 26.4 Å². The molecule has 0 spiro atoms. The zero-order valence-corrected chi connectivity index (χ0v) is 15.3. The number of aromatic nitrogens is 2. The molecule has 0 atom stereocenters. The quantitative estimate of drug-likeness (QED) is 0.598. The van der Waals surface area contributed by atoms with Gasteiger partial charge in [-0.1, -0.05) is 0 Å². The molecule has 9 nitrogen and oxygen atoms in total. The van der Waals surface area contributed by atoms with Crippen molar-refractivity contribution < 1.29 is 14.3 Å². The maximum atomic E-state index is 10.9. The lowest BCUT2D eigenvalue weighted by atomic mass is 10.2. The number of nitrogens with zero attached hydrogens (tertiary/aromatic N) is 4. The van der Waals surface area contributed by atoms with Crippen molar-refractivity contribution in [3.63, 3.8) is 0 Å². The van der Waals surface area contributed by atoms with Crippen LogP contribution in [0, 0.1) is 0 Å². The fourth-order valence-electron chi connectivity index (χ4n) is 2.69. The number of aliphatic imine (C=N–C) groups is 2. The van der Waals surface area contributed by atoms with Gasteiger partial charge >= 0.3 is 0 Å². The van der Waals surface area contributed by atoms with Crippen LogP contribution in [0.25, 0.3) is 11.4 Å². The van der Waals surface area contributed by atoms with Crippen LogP contribution >= 0.6 is 0 Å². The Morgan fingerprint density at radius 1 is 1.48 bits per heavy atom. The van der Waals surface area contributed by atoms with E-state index in [4.69, 9.17) is 25.9 Å². The summed E-state index contributed by atoms with van der Waals surface area (Å²) >= 11 is 0. The van der Waals surface area contributed by atoms with E-state index in [1.54, 1.807) is 12.1 Å². The summed E-state index contributed by atoms with van der Waals surface area (Å²) in [6.45, 7) is 4.82. The molecule has 1 amide bonds. The number of ether oxygens (including phenoxy) is 2. The Morgan fingerprint density at radius 2 is 2.30 bits per heavy atom. The van der Waals surface area contributed by atoms with Crippen LogP contribution in [0.4, 0.5) is 0 Å². The molecular formula is C18H22N6O3. The topological polar surface area (TPSA) is 130 Å². The van der Waals surface area contributed by atoms with Crippen LogP contribution in [-0.4, -0.2) is 46.9 Å². The maximum Gasteiger partial charge on any atom is 0.255 e. The summed E-state index contributed by atoms with van der Waals surface area (Å²) in [6, 6.07) is 5.37. The number of hydrogen-bond donors (Lipinski definition) is 2. The third kappa shape index (κ3) is 4.25. The molecule has 142 valence electrons. The number of carbonyl (C=O) groups excluding carboxylic acids is 1. The Morgan fingerprint density at radius 3 is 3.00 bits per heavy atom.